The van der Waals surface area contributed by atoms with Crippen molar-refractivity contribution in [1.29, 1.82) is 0 Å². The van der Waals surface area contributed by atoms with Gasteiger partial charge in [-0.05, 0) is 24.3 Å². The highest BCUT2D eigenvalue weighted by Gasteiger charge is 2.30. The molecule has 2 N–H and O–H groups in total. The SMILES string of the molecule is O=C(CNC(=O)c1ccccc1)Nc1nc(-c2cccc(C(F)(F)F)c2)cs1. The Kier molecular flexibility index (Phi) is 5.74. The quantitative estimate of drug-likeness (QED) is 0.669. The highest BCUT2D eigenvalue weighted by Crippen LogP contribution is 2.33. The van der Waals surface area contributed by atoms with Gasteiger partial charge in [-0.2, -0.15) is 13.2 Å². The number of aromatic nitrogens is 1. The largest absolute Gasteiger partial charge is 0.416 e. The lowest BCUT2D eigenvalue weighted by molar-refractivity contribution is -0.137. The molecule has 0 radical (unpaired) electrons. The van der Waals surface area contributed by atoms with Crippen molar-refractivity contribution in [3.63, 3.8) is 0 Å². The van der Waals surface area contributed by atoms with Gasteiger partial charge in [-0.1, -0.05) is 30.3 Å². The highest BCUT2D eigenvalue weighted by atomic mass is 32.1. The van der Waals surface area contributed by atoms with Crippen LogP contribution in [0.25, 0.3) is 11.3 Å². The number of nitrogens with zero attached hydrogens (tertiary/aromatic N) is 1. The van der Waals surface area contributed by atoms with Gasteiger partial charge in [-0.3, -0.25) is 9.59 Å². The Hall–Kier alpha value is -3.20. The number of carbonyl (C=O) groups is 2. The van der Waals surface area contributed by atoms with Gasteiger partial charge < -0.3 is 10.6 Å². The molecule has 5 nitrogen and oxygen atoms in total. The molecule has 3 aromatic rings. The molecule has 2 amide bonds. The van der Waals surface area contributed by atoms with E-state index in [1.54, 1.807) is 35.7 Å². The van der Waals surface area contributed by atoms with Gasteiger partial charge in [-0.15, -0.1) is 11.3 Å². The molecule has 0 saturated heterocycles. The summed E-state index contributed by atoms with van der Waals surface area (Å²) in [6, 6.07) is 13.2. The average Bonchev–Trinajstić information content (AvgIpc) is 3.14. The molecule has 0 aliphatic carbocycles. The van der Waals surface area contributed by atoms with E-state index in [9.17, 15) is 22.8 Å². The maximum atomic E-state index is 12.8. The molecule has 28 heavy (non-hydrogen) atoms. The van der Waals surface area contributed by atoms with Crippen LogP contribution in [0, 0.1) is 0 Å². The molecule has 0 spiro atoms. The van der Waals surface area contributed by atoms with E-state index in [0.717, 1.165) is 23.5 Å². The second-order valence-electron chi connectivity index (χ2n) is 5.71. The Bertz CT molecular complexity index is 987. The molecule has 0 bridgehead atoms. The number of alkyl halides is 3. The molecular formula is C19H14F3N3O2S. The fourth-order valence-corrected chi connectivity index (χ4v) is 3.07. The summed E-state index contributed by atoms with van der Waals surface area (Å²) in [6.45, 7) is -0.258. The minimum Gasteiger partial charge on any atom is -0.343 e. The van der Waals surface area contributed by atoms with Crippen molar-refractivity contribution >= 4 is 28.3 Å². The van der Waals surface area contributed by atoms with Crippen molar-refractivity contribution in [2.45, 2.75) is 6.18 Å². The third kappa shape index (κ3) is 4.95. The summed E-state index contributed by atoms with van der Waals surface area (Å²) in [5.74, 6) is -0.881. The molecule has 0 aliphatic heterocycles. The fourth-order valence-electron chi connectivity index (χ4n) is 2.33. The molecule has 3 rings (SSSR count). The zero-order valence-electron chi connectivity index (χ0n) is 14.3. The van der Waals surface area contributed by atoms with Gasteiger partial charge in [0.05, 0.1) is 17.8 Å². The van der Waals surface area contributed by atoms with Crippen molar-refractivity contribution in [2.24, 2.45) is 0 Å². The second kappa shape index (κ2) is 8.22. The molecule has 0 unspecified atom stereocenters. The molecule has 0 aliphatic rings. The predicted molar refractivity (Wildman–Crippen MR) is 100.0 cm³/mol. The number of rotatable bonds is 5. The van der Waals surface area contributed by atoms with E-state index in [1.165, 1.54) is 12.1 Å². The summed E-state index contributed by atoms with van der Waals surface area (Å²) in [5.41, 5.74) is 0.271. The summed E-state index contributed by atoms with van der Waals surface area (Å²) >= 11 is 1.08. The van der Waals surface area contributed by atoms with Crippen LogP contribution in [0.5, 0.6) is 0 Å². The van der Waals surface area contributed by atoms with Crippen LogP contribution in [0.4, 0.5) is 18.3 Å². The highest BCUT2D eigenvalue weighted by molar-refractivity contribution is 7.14. The summed E-state index contributed by atoms with van der Waals surface area (Å²) in [7, 11) is 0. The van der Waals surface area contributed by atoms with Gasteiger partial charge in [0.1, 0.15) is 0 Å². The summed E-state index contributed by atoms with van der Waals surface area (Å²) in [4.78, 5) is 28.0. The van der Waals surface area contributed by atoms with Gasteiger partial charge >= 0.3 is 6.18 Å². The van der Waals surface area contributed by atoms with Gasteiger partial charge in [-0.25, -0.2) is 4.98 Å². The van der Waals surface area contributed by atoms with Crippen molar-refractivity contribution < 1.29 is 22.8 Å². The minimum atomic E-state index is -4.44. The zero-order valence-corrected chi connectivity index (χ0v) is 15.1. The Labute approximate surface area is 162 Å². The van der Waals surface area contributed by atoms with E-state index in [0.29, 0.717) is 16.8 Å². The van der Waals surface area contributed by atoms with E-state index in [1.807, 2.05) is 0 Å². The maximum absolute atomic E-state index is 12.8. The van der Waals surface area contributed by atoms with Crippen molar-refractivity contribution in [3.8, 4) is 11.3 Å². The van der Waals surface area contributed by atoms with Crippen molar-refractivity contribution in [3.05, 3.63) is 71.1 Å². The lowest BCUT2D eigenvalue weighted by atomic mass is 10.1. The monoisotopic (exact) mass is 405 g/mol. The first-order chi connectivity index (χ1) is 13.3. The molecule has 144 valence electrons. The summed E-state index contributed by atoms with van der Waals surface area (Å²) < 4.78 is 38.5. The van der Waals surface area contributed by atoms with Crippen LogP contribution >= 0.6 is 11.3 Å². The molecule has 1 aromatic heterocycles. The second-order valence-corrected chi connectivity index (χ2v) is 6.57. The molecule has 0 atom stereocenters. The Morgan fingerprint density at radius 2 is 1.79 bits per heavy atom. The minimum absolute atomic E-state index is 0.228. The molecular weight excluding hydrogens is 391 g/mol. The number of anilines is 1. The van der Waals surface area contributed by atoms with Crippen molar-refractivity contribution in [2.75, 3.05) is 11.9 Å². The first-order valence-corrected chi connectivity index (χ1v) is 8.97. The average molecular weight is 405 g/mol. The van der Waals surface area contributed by atoms with E-state index in [4.69, 9.17) is 0 Å². The Morgan fingerprint density at radius 3 is 2.50 bits per heavy atom. The number of halogens is 3. The normalized spacial score (nSPS) is 11.1. The van der Waals surface area contributed by atoms with Crippen LogP contribution in [0.15, 0.2) is 60.0 Å². The van der Waals surface area contributed by atoms with Crippen LogP contribution in [-0.4, -0.2) is 23.3 Å². The van der Waals surface area contributed by atoms with E-state index < -0.39 is 17.6 Å². The number of hydrogen-bond donors (Lipinski definition) is 2. The lowest BCUT2D eigenvalue weighted by Gasteiger charge is -2.07. The first-order valence-electron chi connectivity index (χ1n) is 8.09. The van der Waals surface area contributed by atoms with Gasteiger partial charge in [0.15, 0.2) is 5.13 Å². The number of carbonyl (C=O) groups excluding carboxylic acids is 2. The van der Waals surface area contributed by atoms with Crippen LogP contribution in [0.1, 0.15) is 15.9 Å². The molecule has 0 saturated carbocycles. The molecule has 9 heteroatoms. The smallest absolute Gasteiger partial charge is 0.343 e. The van der Waals surface area contributed by atoms with Gasteiger partial charge in [0.25, 0.3) is 5.91 Å². The third-order valence-electron chi connectivity index (χ3n) is 3.68. The van der Waals surface area contributed by atoms with Crippen LogP contribution in [-0.2, 0) is 11.0 Å². The lowest BCUT2D eigenvalue weighted by Crippen LogP contribution is -2.32. The third-order valence-corrected chi connectivity index (χ3v) is 4.44. The summed E-state index contributed by atoms with van der Waals surface area (Å²) in [6.07, 6.45) is -4.44. The number of amides is 2. The van der Waals surface area contributed by atoms with Crippen LogP contribution < -0.4 is 10.6 Å². The molecule has 2 aromatic carbocycles. The number of hydrogen-bond acceptors (Lipinski definition) is 4. The predicted octanol–water partition coefficient (Wildman–Crippen LogP) is 4.20. The number of nitrogens with one attached hydrogen (secondary N) is 2. The van der Waals surface area contributed by atoms with Crippen molar-refractivity contribution in [1.82, 2.24) is 10.3 Å². The van der Waals surface area contributed by atoms with Crippen LogP contribution in [0.2, 0.25) is 0 Å². The molecule has 0 fully saturated rings. The van der Waals surface area contributed by atoms with E-state index in [2.05, 4.69) is 15.6 Å². The van der Waals surface area contributed by atoms with Crippen LogP contribution in [0.3, 0.4) is 0 Å². The van der Waals surface area contributed by atoms with Gasteiger partial charge in [0.2, 0.25) is 5.91 Å². The number of thiazole rings is 1. The standard InChI is InChI=1S/C19H14F3N3O2S/c20-19(21,22)14-8-4-7-13(9-14)15-11-28-18(24-15)25-16(26)10-23-17(27)12-5-2-1-3-6-12/h1-9,11H,10H2,(H,23,27)(H,24,25,26). The topological polar surface area (TPSA) is 71.1 Å². The van der Waals surface area contributed by atoms with E-state index in [-0.39, 0.29) is 17.6 Å². The Balaban J connectivity index is 1.60. The Morgan fingerprint density at radius 1 is 1.04 bits per heavy atom. The van der Waals surface area contributed by atoms with E-state index >= 15 is 0 Å². The molecule has 1 heterocycles. The first kappa shape index (κ1) is 19.6. The summed E-state index contributed by atoms with van der Waals surface area (Å²) in [5, 5.41) is 6.78. The van der Waals surface area contributed by atoms with Gasteiger partial charge in [0, 0.05) is 16.5 Å². The maximum Gasteiger partial charge on any atom is 0.416 e. The zero-order chi connectivity index (χ0) is 20.1. The number of benzene rings is 2. The fraction of sp³-hybridized carbons (Fsp3) is 0.105.